The number of carbonyl (C=O) groups excluding carboxylic acids is 2. The summed E-state index contributed by atoms with van der Waals surface area (Å²) in [5.74, 6) is -1.92. The van der Waals surface area contributed by atoms with Crippen molar-refractivity contribution in [2.45, 2.75) is 32.4 Å². The maximum absolute atomic E-state index is 12.1. The number of hydrogen-bond donors (Lipinski definition) is 3. The van der Waals surface area contributed by atoms with Gasteiger partial charge < -0.3 is 20.9 Å². The van der Waals surface area contributed by atoms with E-state index in [0.29, 0.717) is 5.75 Å². The van der Waals surface area contributed by atoms with Gasteiger partial charge >= 0.3 is 5.97 Å². The van der Waals surface area contributed by atoms with Gasteiger partial charge in [-0.25, -0.2) is 0 Å². The van der Waals surface area contributed by atoms with E-state index in [1.165, 1.54) is 0 Å². The van der Waals surface area contributed by atoms with Crippen molar-refractivity contribution in [3.05, 3.63) is 30.3 Å². The van der Waals surface area contributed by atoms with Gasteiger partial charge in [0.15, 0.2) is 5.78 Å². The molecule has 7 heteroatoms. The zero-order chi connectivity index (χ0) is 17.4. The van der Waals surface area contributed by atoms with Crippen molar-refractivity contribution < 1.29 is 24.2 Å². The second-order valence-electron chi connectivity index (χ2n) is 5.50. The van der Waals surface area contributed by atoms with Gasteiger partial charge in [0.25, 0.3) is 0 Å². The van der Waals surface area contributed by atoms with Crippen LogP contribution in [0, 0.1) is 5.92 Å². The van der Waals surface area contributed by atoms with E-state index in [1.54, 1.807) is 44.2 Å². The second-order valence-corrected chi connectivity index (χ2v) is 5.50. The quantitative estimate of drug-likeness (QED) is 0.612. The molecule has 4 N–H and O–H groups in total. The number of nitrogens with two attached hydrogens (primary N) is 1. The largest absolute Gasteiger partial charge is 0.486 e. The molecule has 1 aromatic carbocycles. The molecule has 0 aliphatic heterocycles. The summed E-state index contributed by atoms with van der Waals surface area (Å²) in [6, 6.07) is 6.66. The molecule has 0 fully saturated rings. The molecule has 0 saturated carbocycles. The number of nitrogens with one attached hydrogen (secondary N) is 1. The predicted octanol–water partition coefficient (Wildman–Crippen LogP) is 0.577. The highest BCUT2D eigenvalue weighted by Crippen LogP contribution is 2.09. The van der Waals surface area contributed by atoms with Gasteiger partial charge in [-0.1, -0.05) is 32.0 Å². The van der Waals surface area contributed by atoms with E-state index in [4.69, 9.17) is 15.6 Å². The molecule has 0 heterocycles. The average Bonchev–Trinajstić information content (AvgIpc) is 2.51. The fourth-order valence-corrected chi connectivity index (χ4v) is 1.76. The maximum Gasteiger partial charge on any atom is 0.305 e. The lowest BCUT2D eigenvalue weighted by Gasteiger charge is -2.20. The van der Waals surface area contributed by atoms with Crippen LogP contribution in [-0.4, -0.2) is 41.5 Å². The SMILES string of the molecule is CC(C)[C@H](N)C(=O)N[C@@H](CC(=O)O)C(=O)COc1ccccc1. The Bertz CT molecular complexity index is 545. The van der Waals surface area contributed by atoms with Crippen molar-refractivity contribution in [3.8, 4) is 5.75 Å². The van der Waals surface area contributed by atoms with E-state index >= 15 is 0 Å². The third kappa shape index (κ3) is 6.48. The first-order valence-corrected chi connectivity index (χ1v) is 7.29. The molecular weight excluding hydrogens is 300 g/mol. The van der Waals surface area contributed by atoms with Gasteiger partial charge in [-0.2, -0.15) is 0 Å². The summed E-state index contributed by atoms with van der Waals surface area (Å²) in [5, 5.41) is 11.3. The van der Waals surface area contributed by atoms with Gasteiger partial charge in [0.1, 0.15) is 18.4 Å². The van der Waals surface area contributed by atoms with Crippen molar-refractivity contribution in [1.29, 1.82) is 0 Å². The van der Waals surface area contributed by atoms with Gasteiger partial charge in [-0.15, -0.1) is 0 Å². The predicted molar refractivity (Wildman–Crippen MR) is 83.9 cm³/mol. The minimum absolute atomic E-state index is 0.129. The first-order valence-electron chi connectivity index (χ1n) is 7.29. The highest BCUT2D eigenvalue weighted by atomic mass is 16.5. The van der Waals surface area contributed by atoms with Crippen molar-refractivity contribution >= 4 is 17.7 Å². The number of carboxylic acids is 1. The number of amides is 1. The Morgan fingerprint density at radius 3 is 2.35 bits per heavy atom. The molecule has 1 amide bonds. The smallest absolute Gasteiger partial charge is 0.305 e. The number of para-hydroxylation sites is 1. The minimum Gasteiger partial charge on any atom is -0.486 e. The molecule has 1 aromatic rings. The van der Waals surface area contributed by atoms with Gasteiger partial charge in [-0.3, -0.25) is 14.4 Å². The molecule has 23 heavy (non-hydrogen) atoms. The van der Waals surface area contributed by atoms with E-state index in [-0.39, 0.29) is 12.5 Å². The first-order chi connectivity index (χ1) is 10.8. The Morgan fingerprint density at radius 1 is 1.22 bits per heavy atom. The van der Waals surface area contributed by atoms with E-state index in [2.05, 4.69) is 5.32 Å². The number of carbonyl (C=O) groups is 3. The molecule has 0 saturated heterocycles. The van der Waals surface area contributed by atoms with Crippen LogP contribution in [-0.2, 0) is 14.4 Å². The summed E-state index contributed by atoms with van der Waals surface area (Å²) in [7, 11) is 0. The topological polar surface area (TPSA) is 119 Å². The fourth-order valence-electron chi connectivity index (χ4n) is 1.76. The number of ether oxygens (including phenoxy) is 1. The molecule has 0 aliphatic rings. The molecule has 1 rings (SSSR count). The van der Waals surface area contributed by atoms with E-state index in [0.717, 1.165) is 0 Å². The van der Waals surface area contributed by atoms with Crippen LogP contribution in [0.1, 0.15) is 20.3 Å². The van der Waals surface area contributed by atoms with Gasteiger partial charge in [-0.05, 0) is 18.1 Å². The van der Waals surface area contributed by atoms with Gasteiger partial charge in [0.05, 0.1) is 12.5 Å². The minimum atomic E-state index is -1.19. The Labute approximate surface area is 134 Å². The number of hydrogen-bond acceptors (Lipinski definition) is 5. The molecule has 0 radical (unpaired) electrons. The van der Waals surface area contributed by atoms with Crippen LogP contribution in [0.25, 0.3) is 0 Å². The van der Waals surface area contributed by atoms with Crippen LogP contribution in [0.4, 0.5) is 0 Å². The molecule has 0 spiro atoms. The van der Waals surface area contributed by atoms with E-state index in [1.807, 2.05) is 0 Å². The summed E-state index contributed by atoms with van der Waals surface area (Å²) in [5.41, 5.74) is 5.70. The molecule has 126 valence electrons. The van der Waals surface area contributed by atoms with Crippen molar-refractivity contribution in [2.24, 2.45) is 11.7 Å². The third-order valence-electron chi connectivity index (χ3n) is 3.23. The number of benzene rings is 1. The molecular formula is C16H22N2O5. The molecule has 2 atom stereocenters. The molecule has 7 nitrogen and oxygen atoms in total. The summed E-state index contributed by atoms with van der Waals surface area (Å²) < 4.78 is 5.29. The van der Waals surface area contributed by atoms with Crippen LogP contribution in [0.5, 0.6) is 5.75 Å². The standard InChI is InChI=1S/C16H22N2O5/c1-10(2)15(17)16(22)18-12(8-14(20)21)13(19)9-23-11-6-4-3-5-7-11/h3-7,10,12,15H,8-9,17H2,1-2H3,(H,18,22)(H,20,21)/t12-,15-/m0/s1. The van der Waals surface area contributed by atoms with Crippen LogP contribution in [0.2, 0.25) is 0 Å². The van der Waals surface area contributed by atoms with Crippen molar-refractivity contribution in [1.82, 2.24) is 5.32 Å². The number of rotatable bonds is 9. The summed E-state index contributed by atoms with van der Waals surface area (Å²) in [6.07, 6.45) is -0.520. The van der Waals surface area contributed by atoms with E-state index in [9.17, 15) is 14.4 Å². The van der Waals surface area contributed by atoms with Crippen molar-refractivity contribution in [2.75, 3.05) is 6.61 Å². The normalized spacial score (nSPS) is 13.2. The highest BCUT2D eigenvalue weighted by molar-refractivity contribution is 5.94. The van der Waals surface area contributed by atoms with Crippen LogP contribution in [0.3, 0.4) is 0 Å². The molecule has 0 bridgehead atoms. The molecule has 0 aliphatic carbocycles. The Hall–Kier alpha value is -2.41. The summed E-state index contributed by atoms with van der Waals surface area (Å²) in [4.78, 5) is 35.0. The lowest BCUT2D eigenvalue weighted by Crippen LogP contribution is -2.51. The Morgan fingerprint density at radius 2 is 1.83 bits per heavy atom. The fraction of sp³-hybridized carbons (Fsp3) is 0.438. The first kappa shape index (κ1) is 18.6. The number of carboxylic acid groups (broad SMARTS) is 1. The van der Waals surface area contributed by atoms with Gasteiger partial charge in [0.2, 0.25) is 5.91 Å². The molecule has 0 aromatic heterocycles. The average molecular weight is 322 g/mol. The Kier molecular flexibility index (Phi) is 7.21. The lowest BCUT2D eigenvalue weighted by molar-refractivity contribution is -0.140. The second kappa shape index (κ2) is 8.89. The van der Waals surface area contributed by atoms with E-state index < -0.39 is 36.2 Å². The van der Waals surface area contributed by atoms with Crippen LogP contribution < -0.4 is 15.8 Å². The number of aliphatic carboxylic acids is 1. The monoisotopic (exact) mass is 322 g/mol. The lowest BCUT2D eigenvalue weighted by atomic mass is 10.0. The zero-order valence-electron chi connectivity index (χ0n) is 13.2. The Balaban J connectivity index is 2.67. The summed E-state index contributed by atoms with van der Waals surface area (Å²) >= 11 is 0. The van der Waals surface area contributed by atoms with Gasteiger partial charge in [0, 0.05) is 0 Å². The molecule has 0 unspecified atom stereocenters. The van der Waals surface area contributed by atoms with Crippen LogP contribution in [0.15, 0.2) is 30.3 Å². The number of Topliss-reactive ketones (excluding diaryl/α,β-unsaturated/α-hetero) is 1. The van der Waals surface area contributed by atoms with Crippen LogP contribution >= 0.6 is 0 Å². The number of ketones is 1. The van der Waals surface area contributed by atoms with Crippen molar-refractivity contribution in [3.63, 3.8) is 0 Å². The third-order valence-corrected chi connectivity index (χ3v) is 3.23. The zero-order valence-corrected chi connectivity index (χ0v) is 13.2. The summed E-state index contributed by atoms with van der Waals surface area (Å²) in [6.45, 7) is 3.19. The maximum atomic E-state index is 12.1. The highest BCUT2D eigenvalue weighted by Gasteiger charge is 2.27.